The summed E-state index contributed by atoms with van der Waals surface area (Å²) in [5.74, 6) is 0.0403. The molecule has 1 aliphatic rings. The third-order valence-corrected chi connectivity index (χ3v) is 5.22. The van der Waals surface area contributed by atoms with E-state index in [-0.39, 0.29) is 23.4 Å². The molecule has 1 N–H and O–H groups in total. The van der Waals surface area contributed by atoms with E-state index in [2.05, 4.69) is 21.2 Å². The van der Waals surface area contributed by atoms with Gasteiger partial charge in [-0.3, -0.25) is 0 Å². The molecule has 0 bridgehead atoms. The van der Waals surface area contributed by atoms with E-state index < -0.39 is 9.84 Å². The molecule has 0 aromatic heterocycles. The largest absolute Gasteiger partial charge is 0.381 e. The Kier molecular flexibility index (Phi) is 3.73. The molecule has 1 aromatic rings. The molecule has 1 unspecified atom stereocenters. The normalized spacial score (nSPS) is 23.3. The van der Waals surface area contributed by atoms with Crippen molar-refractivity contribution in [2.45, 2.75) is 18.9 Å². The zero-order valence-electron chi connectivity index (χ0n) is 9.12. The van der Waals surface area contributed by atoms with Crippen LogP contribution in [0.15, 0.2) is 22.7 Å². The summed E-state index contributed by atoms with van der Waals surface area (Å²) in [6, 6.07) is 4.59. The van der Waals surface area contributed by atoms with E-state index in [0.717, 1.165) is 6.42 Å². The first-order valence-electron chi connectivity index (χ1n) is 5.38. The van der Waals surface area contributed by atoms with Crippen LogP contribution in [0.25, 0.3) is 0 Å². The van der Waals surface area contributed by atoms with Crippen LogP contribution in [0.5, 0.6) is 0 Å². The molecule has 1 aliphatic heterocycles. The maximum atomic E-state index is 13.3. The molecule has 3 nitrogen and oxygen atoms in total. The van der Waals surface area contributed by atoms with Crippen LogP contribution >= 0.6 is 15.9 Å². The van der Waals surface area contributed by atoms with Crippen molar-refractivity contribution in [3.8, 4) is 0 Å². The van der Waals surface area contributed by atoms with Gasteiger partial charge in [-0.2, -0.15) is 0 Å². The molecular weight excluding hydrogens is 309 g/mol. The first kappa shape index (κ1) is 12.8. The Bertz CT molecular complexity index is 518. The van der Waals surface area contributed by atoms with Crippen molar-refractivity contribution in [3.63, 3.8) is 0 Å². The van der Waals surface area contributed by atoms with Gasteiger partial charge in [0.15, 0.2) is 9.84 Å². The summed E-state index contributed by atoms with van der Waals surface area (Å²) in [7, 11) is -2.94. The minimum atomic E-state index is -2.94. The zero-order valence-corrected chi connectivity index (χ0v) is 11.5. The molecule has 0 aliphatic carbocycles. The number of anilines is 1. The second-order valence-electron chi connectivity index (χ2n) is 4.23. The van der Waals surface area contributed by atoms with E-state index in [4.69, 9.17) is 0 Å². The number of halogens is 2. The lowest BCUT2D eigenvalue weighted by Gasteiger charge is -2.24. The van der Waals surface area contributed by atoms with Gasteiger partial charge >= 0.3 is 0 Å². The van der Waals surface area contributed by atoms with E-state index in [1.807, 2.05) is 0 Å². The highest BCUT2D eigenvalue weighted by molar-refractivity contribution is 9.10. The lowest BCUT2D eigenvalue weighted by molar-refractivity contribution is 0.562. The lowest BCUT2D eigenvalue weighted by atomic mass is 10.1. The van der Waals surface area contributed by atoms with Crippen LogP contribution < -0.4 is 5.32 Å². The molecule has 0 radical (unpaired) electrons. The van der Waals surface area contributed by atoms with Gasteiger partial charge in [-0.1, -0.05) is 0 Å². The van der Waals surface area contributed by atoms with E-state index in [0.29, 0.717) is 16.6 Å². The van der Waals surface area contributed by atoms with Gasteiger partial charge in [0, 0.05) is 11.7 Å². The minimum Gasteiger partial charge on any atom is -0.381 e. The number of sulfone groups is 1. The molecular formula is C11H13BrFNO2S. The molecule has 1 saturated heterocycles. The molecule has 17 heavy (non-hydrogen) atoms. The quantitative estimate of drug-likeness (QED) is 0.910. The minimum absolute atomic E-state index is 0.116. The summed E-state index contributed by atoms with van der Waals surface area (Å²) in [6.07, 6.45) is 1.47. The molecule has 0 spiro atoms. The van der Waals surface area contributed by atoms with Crippen LogP contribution in [0.2, 0.25) is 0 Å². The topological polar surface area (TPSA) is 46.2 Å². The summed E-state index contributed by atoms with van der Waals surface area (Å²) in [5, 5.41) is 3.06. The fourth-order valence-corrected chi connectivity index (χ4v) is 3.84. The van der Waals surface area contributed by atoms with Gasteiger partial charge in [-0.15, -0.1) is 0 Å². The fourth-order valence-electron chi connectivity index (χ4n) is 1.96. The summed E-state index contributed by atoms with van der Waals surface area (Å²) >= 11 is 3.07. The van der Waals surface area contributed by atoms with Gasteiger partial charge in [0.2, 0.25) is 0 Å². The monoisotopic (exact) mass is 321 g/mol. The summed E-state index contributed by atoms with van der Waals surface area (Å²) in [4.78, 5) is 0. The Labute approximate surface area is 108 Å². The Morgan fingerprint density at radius 1 is 1.41 bits per heavy atom. The standard InChI is InChI=1S/C11H13BrFNO2S/c12-10-4-3-8(6-11(10)13)14-9-2-1-5-17(15,16)7-9/h3-4,6,9,14H,1-2,5,7H2. The lowest BCUT2D eigenvalue weighted by Crippen LogP contribution is -2.34. The molecule has 6 heteroatoms. The third kappa shape index (κ3) is 3.42. The molecule has 1 atom stereocenters. The highest BCUT2D eigenvalue weighted by Crippen LogP contribution is 2.22. The van der Waals surface area contributed by atoms with Crippen molar-refractivity contribution in [3.05, 3.63) is 28.5 Å². The van der Waals surface area contributed by atoms with Crippen LogP contribution in [0, 0.1) is 5.82 Å². The number of nitrogens with one attached hydrogen (secondary N) is 1. The highest BCUT2D eigenvalue weighted by Gasteiger charge is 2.24. The predicted octanol–water partition coefficient (Wildman–Crippen LogP) is 2.58. The molecule has 1 fully saturated rings. The predicted molar refractivity (Wildman–Crippen MR) is 69.4 cm³/mol. The Balaban J connectivity index is 2.08. The van der Waals surface area contributed by atoms with Gasteiger partial charge in [-0.25, -0.2) is 12.8 Å². The Morgan fingerprint density at radius 2 is 2.18 bits per heavy atom. The highest BCUT2D eigenvalue weighted by atomic mass is 79.9. The number of hydrogen-bond donors (Lipinski definition) is 1. The second kappa shape index (κ2) is 4.94. The first-order chi connectivity index (χ1) is 7.96. The molecule has 94 valence electrons. The van der Waals surface area contributed by atoms with Crippen molar-refractivity contribution < 1.29 is 12.8 Å². The van der Waals surface area contributed by atoms with Crippen molar-refractivity contribution in [1.82, 2.24) is 0 Å². The molecule has 2 rings (SSSR count). The average Bonchev–Trinajstić information content (AvgIpc) is 2.22. The van der Waals surface area contributed by atoms with Crippen LogP contribution in [0.4, 0.5) is 10.1 Å². The maximum absolute atomic E-state index is 13.3. The van der Waals surface area contributed by atoms with Crippen molar-refractivity contribution >= 4 is 31.5 Å². The Morgan fingerprint density at radius 3 is 2.82 bits per heavy atom. The van der Waals surface area contributed by atoms with E-state index >= 15 is 0 Å². The van der Waals surface area contributed by atoms with Crippen molar-refractivity contribution in [1.29, 1.82) is 0 Å². The number of rotatable bonds is 2. The maximum Gasteiger partial charge on any atom is 0.152 e. The summed E-state index contributed by atoms with van der Waals surface area (Å²) in [5.41, 5.74) is 0.618. The number of benzene rings is 1. The van der Waals surface area contributed by atoms with E-state index in [1.165, 1.54) is 6.07 Å². The molecule has 1 heterocycles. The number of hydrogen-bond acceptors (Lipinski definition) is 3. The third-order valence-electron chi connectivity index (χ3n) is 2.75. The van der Waals surface area contributed by atoms with E-state index in [9.17, 15) is 12.8 Å². The zero-order chi connectivity index (χ0) is 12.5. The molecule has 0 saturated carbocycles. The molecule has 1 aromatic carbocycles. The van der Waals surface area contributed by atoms with E-state index in [1.54, 1.807) is 12.1 Å². The van der Waals surface area contributed by atoms with Crippen molar-refractivity contribution in [2.75, 3.05) is 16.8 Å². The van der Waals surface area contributed by atoms with Gasteiger partial charge in [-0.05, 0) is 47.0 Å². The van der Waals surface area contributed by atoms with Gasteiger partial charge in [0.1, 0.15) is 5.82 Å². The fraction of sp³-hybridized carbons (Fsp3) is 0.455. The average molecular weight is 322 g/mol. The molecule has 0 amide bonds. The van der Waals surface area contributed by atoms with Crippen LogP contribution in [-0.4, -0.2) is 26.0 Å². The summed E-state index contributed by atoms with van der Waals surface area (Å²) in [6.45, 7) is 0. The van der Waals surface area contributed by atoms with Crippen LogP contribution in [-0.2, 0) is 9.84 Å². The van der Waals surface area contributed by atoms with Gasteiger partial charge in [0.25, 0.3) is 0 Å². The van der Waals surface area contributed by atoms with Gasteiger partial charge in [0.05, 0.1) is 16.0 Å². The summed E-state index contributed by atoms with van der Waals surface area (Å²) < 4.78 is 36.6. The first-order valence-corrected chi connectivity index (χ1v) is 8.00. The SMILES string of the molecule is O=S1(=O)CCCC(Nc2ccc(Br)c(F)c2)C1. The van der Waals surface area contributed by atoms with Crippen molar-refractivity contribution in [2.24, 2.45) is 0 Å². The second-order valence-corrected chi connectivity index (χ2v) is 7.31. The Hall–Kier alpha value is -0.620. The van der Waals surface area contributed by atoms with Crippen LogP contribution in [0.3, 0.4) is 0 Å². The van der Waals surface area contributed by atoms with Gasteiger partial charge < -0.3 is 5.32 Å². The van der Waals surface area contributed by atoms with Crippen LogP contribution in [0.1, 0.15) is 12.8 Å². The smallest absolute Gasteiger partial charge is 0.152 e.